The smallest absolute Gasteiger partial charge is 0.256 e. The molecule has 0 bridgehead atoms. The van der Waals surface area contributed by atoms with Gasteiger partial charge in [-0.3, -0.25) is 4.68 Å². The van der Waals surface area contributed by atoms with Crippen LogP contribution < -0.4 is 10.2 Å². The molecule has 7 nitrogen and oxygen atoms in total. The fourth-order valence-electron chi connectivity index (χ4n) is 6.63. The predicted octanol–water partition coefficient (Wildman–Crippen LogP) is 4.05. The number of alkyl halides is 2. The molecule has 2 aliphatic heterocycles. The predicted molar refractivity (Wildman–Crippen MR) is 130 cm³/mol. The summed E-state index contributed by atoms with van der Waals surface area (Å²) in [6, 6.07) is 4.18. The molecule has 2 saturated heterocycles. The zero-order valence-corrected chi connectivity index (χ0v) is 19.6. The van der Waals surface area contributed by atoms with Crippen molar-refractivity contribution in [2.75, 3.05) is 43.4 Å². The van der Waals surface area contributed by atoms with Gasteiger partial charge in [0, 0.05) is 55.9 Å². The van der Waals surface area contributed by atoms with Crippen LogP contribution in [0.3, 0.4) is 0 Å². The summed E-state index contributed by atoms with van der Waals surface area (Å²) in [6.07, 6.45) is 14.0. The van der Waals surface area contributed by atoms with Crippen molar-refractivity contribution in [2.45, 2.75) is 37.6 Å². The molecule has 3 aromatic rings. The summed E-state index contributed by atoms with van der Waals surface area (Å²) in [6.45, 7) is 3.25. The molecule has 1 atom stereocenters. The fourth-order valence-corrected chi connectivity index (χ4v) is 6.63. The number of likely N-dealkylation sites (tertiary alicyclic amines) is 1. The summed E-state index contributed by atoms with van der Waals surface area (Å²) in [4.78, 5) is 13.6. The van der Waals surface area contributed by atoms with Gasteiger partial charge in [-0.25, -0.2) is 18.7 Å². The first-order valence-corrected chi connectivity index (χ1v) is 12.2. The topological polar surface area (TPSA) is 62.1 Å². The van der Waals surface area contributed by atoms with Crippen LogP contribution in [0.5, 0.6) is 0 Å². The summed E-state index contributed by atoms with van der Waals surface area (Å²) < 4.78 is 30.1. The van der Waals surface area contributed by atoms with Crippen molar-refractivity contribution in [1.29, 1.82) is 0 Å². The molecule has 4 fully saturated rings. The molecule has 2 aliphatic carbocycles. The van der Waals surface area contributed by atoms with E-state index in [1.807, 2.05) is 27.9 Å². The monoisotopic (exact) mass is 475 g/mol. The zero-order chi connectivity index (χ0) is 24.0. The Hall–Kier alpha value is -3.25. The number of halogens is 2. The number of benzene rings is 1. The van der Waals surface area contributed by atoms with Gasteiger partial charge in [0.1, 0.15) is 0 Å². The van der Waals surface area contributed by atoms with Gasteiger partial charge in [-0.15, -0.1) is 6.42 Å². The minimum absolute atomic E-state index is 0.0339. The molecular formula is C26H27F2N7. The second-order valence-electron chi connectivity index (χ2n) is 11.2. The van der Waals surface area contributed by atoms with Crippen molar-refractivity contribution in [3.8, 4) is 12.3 Å². The molecule has 0 amide bonds. The number of anilines is 3. The summed E-state index contributed by atoms with van der Waals surface area (Å²) in [5.74, 6) is 0.547. The Kier molecular flexibility index (Phi) is 4.16. The standard InChI is InChI=1S/C26H27F2N7/c1-3-17-6-18-10-29-23(31-19-11-30-35(12-19)20-8-24(9-20)14-33(2)15-24)32-22(18)21(7-17)34-5-4-25(16-34)13-26(25,27)28/h1,6-7,10-12,20H,4-5,8-9,13-16H2,2H3,(H,29,31,32). The Bertz CT molecular complexity index is 1380. The second kappa shape index (κ2) is 6.91. The minimum atomic E-state index is -2.57. The number of fused-ring (bicyclic) bond motifs is 1. The van der Waals surface area contributed by atoms with E-state index < -0.39 is 11.3 Å². The van der Waals surface area contributed by atoms with E-state index in [0.717, 1.165) is 16.8 Å². The van der Waals surface area contributed by atoms with Crippen molar-refractivity contribution in [2.24, 2.45) is 10.8 Å². The van der Waals surface area contributed by atoms with Crippen LogP contribution in [0.25, 0.3) is 10.9 Å². The van der Waals surface area contributed by atoms with Gasteiger partial charge in [0.05, 0.1) is 34.5 Å². The fraction of sp³-hybridized carbons (Fsp3) is 0.500. The van der Waals surface area contributed by atoms with E-state index in [9.17, 15) is 8.78 Å². The third kappa shape index (κ3) is 3.23. The van der Waals surface area contributed by atoms with E-state index in [4.69, 9.17) is 11.4 Å². The van der Waals surface area contributed by atoms with Crippen LogP contribution in [-0.2, 0) is 0 Å². The van der Waals surface area contributed by atoms with E-state index >= 15 is 0 Å². The Labute approximate surface area is 202 Å². The highest BCUT2D eigenvalue weighted by Crippen LogP contribution is 2.65. The van der Waals surface area contributed by atoms with Crippen LogP contribution in [0.4, 0.5) is 26.1 Å². The molecule has 1 N–H and O–H groups in total. The highest BCUT2D eigenvalue weighted by molar-refractivity contribution is 5.93. The van der Waals surface area contributed by atoms with Gasteiger partial charge in [0.2, 0.25) is 5.95 Å². The third-order valence-electron chi connectivity index (χ3n) is 8.52. The summed E-state index contributed by atoms with van der Waals surface area (Å²) in [5, 5.41) is 8.63. The van der Waals surface area contributed by atoms with Gasteiger partial charge in [-0.1, -0.05) is 5.92 Å². The highest BCUT2D eigenvalue weighted by Gasteiger charge is 2.72. The lowest BCUT2D eigenvalue weighted by Crippen LogP contribution is -2.60. The third-order valence-corrected chi connectivity index (χ3v) is 8.52. The Morgan fingerprint density at radius 3 is 2.66 bits per heavy atom. The van der Waals surface area contributed by atoms with E-state index in [-0.39, 0.29) is 6.42 Å². The second-order valence-corrected chi connectivity index (χ2v) is 11.2. The normalized spacial score (nSPS) is 26.6. The molecule has 1 unspecified atom stereocenters. The first-order valence-electron chi connectivity index (χ1n) is 12.2. The van der Waals surface area contributed by atoms with Gasteiger partial charge in [0.15, 0.2) is 0 Å². The molecule has 1 aromatic carbocycles. The maximum absolute atomic E-state index is 14.0. The van der Waals surface area contributed by atoms with Crippen LogP contribution in [0, 0.1) is 23.2 Å². The van der Waals surface area contributed by atoms with Crippen LogP contribution >= 0.6 is 0 Å². The number of nitrogens with zero attached hydrogens (tertiary/aromatic N) is 6. The van der Waals surface area contributed by atoms with Gasteiger partial charge in [0.25, 0.3) is 5.92 Å². The Morgan fingerprint density at radius 2 is 1.97 bits per heavy atom. The molecule has 9 heteroatoms. The molecule has 35 heavy (non-hydrogen) atoms. The Balaban J connectivity index is 1.13. The van der Waals surface area contributed by atoms with Crippen molar-refractivity contribution in [3.63, 3.8) is 0 Å². The lowest BCUT2D eigenvalue weighted by molar-refractivity contribution is -0.0786. The van der Waals surface area contributed by atoms with Gasteiger partial charge in [-0.2, -0.15) is 5.10 Å². The maximum atomic E-state index is 14.0. The van der Waals surface area contributed by atoms with E-state index in [2.05, 4.69) is 33.3 Å². The quantitative estimate of drug-likeness (QED) is 0.575. The number of hydrogen-bond acceptors (Lipinski definition) is 6. The zero-order valence-electron chi connectivity index (χ0n) is 19.6. The maximum Gasteiger partial charge on any atom is 0.256 e. The molecule has 2 saturated carbocycles. The van der Waals surface area contributed by atoms with Crippen LogP contribution in [0.2, 0.25) is 0 Å². The molecule has 2 aromatic heterocycles. The van der Waals surface area contributed by atoms with Crippen LogP contribution in [0.1, 0.15) is 37.3 Å². The van der Waals surface area contributed by atoms with E-state index in [1.54, 1.807) is 12.4 Å². The minimum Gasteiger partial charge on any atom is -0.369 e. The summed E-state index contributed by atoms with van der Waals surface area (Å²) in [7, 11) is 2.17. The molecular weight excluding hydrogens is 448 g/mol. The van der Waals surface area contributed by atoms with Crippen molar-refractivity contribution < 1.29 is 8.78 Å². The Morgan fingerprint density at radius 1 is 1.17 bits per heavy atom. The number of aromatic nitrogens is 4. The van der Waals surface area contributed by atoms with Gasteiger partial charge >= 0.3 is 0 Å². The van der Waals surface area contributed by atoms with Crippen LogP contribution in [0.15, 0.2) is 30.7 Å². The lowest BCUT2D eigenvalue weighted by Gasteiger charge is -2.58. The van der Waals surface area contributed by atoms with E-state index in [1.165, 1.54) is 25.9 Å². The largest absolute Gasteiger partial charge is 0.369 e. The summed E-state index contributed by atoms with van der Waals surface area (Å²) >= 11 is 0. The van der Waals surface area contributed by atoms with Crippen molar-refractivity contribution >= 4 is 28.2 Å². The molecule has 180 valence electrons. The SMILES string of the molecule is C#Cc1cc(N2CCC3(C2)CC3(F)F)c2nc(Nc3cnn(C4CC5(C4)CN(C)C5)c3)ncc2c1. The molecule has 4 heterocycles. The first-order chi connectivity index (χ1) is 16.8. The van der Waals surface area contributed by atoms with Crippen LogP contribution in [-0.4, -0.2) is 63.8 Å². The number of rotatable bonds is 4. The lowest BCUT2D eigenvalue weighted by atomic mass is 9.61. The molecule has 2 spiro atoms. The average Bonchev–Trinajstić information content (AvgIpc) is 3.16. The van der Waals surface area contributed by atoms with Crippen molar-refractivity contribution in [1.82, 2.24) is 24.6 Å². The molecule has 4 aliphatic rings. The van der Waals surface area contributed by atoms with Crippen molar-refractivity contribution in [3.05, 3.63) is 36.3 Å². The number of hydrogen-bond donors (Lipinski definition) is 1. The molecule has 7 rings (SSSR count). The van der Waals surface area contributed by atoms with Gasteiger partial charge in [-0.05, 0) is 43.9 Å². The van der Waals surface area contributed by atoms with Gasteiger partial charge < -0.3 is 15.1 Å². The number of nitrogens with one attached hydrogen (secondary N) is 1. The average molecular weight is 476 g/mol. The first kappa shape index (κ1) is 21.1. The molecule has 0 radical (unpaired) electrons. The summed E-state index contributed by atoms with van der Waals surface area (Å²) in [5.41, 5.74) is 2.62. The number of terminal acetylenes is 1. The van der Waals surface area contributed by atoms with E-state index in [0.29, 0.717) is 48.0 Å². The highest BCUT2D eigenvalue weighted by atomic mass is 19.3.